The zero-order chi connectivity index (χ0) is 14.8. The van der Waals surface area contributed by atoms with Crippen LogP contribution < -0.4 is 10.1 Å². The van der Waals surface area contributed by atoms with Gasteiger partial charge in [0.05, 0.1) is 17.3 Å². The van der Waals surface area contributed by atoms with Gasteiger partial charge in [-0.1, -0.05) is 15.9 Å². The topological polar surface area (TPSA) is 58.6 Å². The summed E-state index contributed by atoms with van der Waals surface area (Å²) in [7, 11) is 0. The van der Waals surface area contributed by atoms with Crippen LogP contribution in [0, 0.1) is 0 Å². The van der Waals surface area contributed by atoms with Gasteiger partial charge in [0.25, 0.3) is 5.91 Å². The lowest BCUT2D eigenvalue weighted by atomic mass is 9.80. The molecule has 2 N–H and O–H groups in total. The minimum absolute atomic E-state index is 0.00772. The fourth-order valence-electron chi connectivity index (χ4n) is 2.14. The van der Waals surface area contributed by atoms with Gasteiger partial charge in [-0.25, -0.2) is 0 Å². The molecule has 2 rings (SSSR count). The molecule has 0 radical (unpaired) electrons. The summed E-state index contributed by atoms with van der Waals surface area (Å²) in [5.74, 6) is 0.334. The van der Waals surface area contributed by atoms with Gasteiger partial charge in [-0.2, -0.15) is 0 Å². The average molecular weight is 342 g/mol. The normalized spacial score (nSPS) is 16.6. The number of hydrogen-bond donors (Lipinski definition) is 2. The Balaban J connectivity index is 2.08. The summed E-state index contributed by atoms with van der Waals surface area (Å²) in [4.78, 5) is 12.2. The van der Waals surface area contributed by atoms with Crippen molar-refractivity contribution in [3.05, 3.63) is 28.2 Å². The molecule has 0 bridgehead atoms. The SMILES string of the molecule is CC(C)Oc1cc(Br)ccc1C(=O)NCC1(O)CCC1. The summed E-state index contributed by atoms with van der Waals surface area (Å²) >= 11 is 3.37. The van der Waals surface area contributed by atoms with E-state index >= 15 is 0 Å². The van der Waals surface area contributed by atoms with Crippen molar-refractivity contribution in [3.63, 3.8) is 0 Å². The molecule has 1 amide bonds. The molecule has 110 valence electrons. The largest absolute Gasteiger partial charge is 0.490 e. The number of hydrogen-bond acceptors (Lipinski definition) is 3. The zero-order valence-corrected chi connectivity index (χ0v) is 13.4. The van der Waals surface area contributed by atoms with Gasteiger partial charge < -0.3 is 15.2 Å². The fraction of sp³-hybridized carbons (Fsp3) is 0.533. The zero-order valence-electron chi connectivity index (χ0n) is 11.8. The summed E-state index contributed by atoms with van der Waals surface area (Å²) in [6.45, 7) is 4.13. The molecule has 0 aromatic heterocycles. The third kappa shape index (κ3) is 3.73. The van der Waals surface area contributed by atoms with Crippen molar-refractivity contribution in [2.75, 3.05) is 6.54 Å². The molecule has 0 saturated heterocycles. The molecule has 1 saturated carbocycles. The summed E-state index contributed by atoms with van der Waals surface area (Å²) in [6, 6.07) is 5.31. The summed E-state index contributed by atoms with van der Waals surface area (Å²) < 4.78 is 6.53. The number of nitrogens with one attached hydrogen (secondary N) is 1. The van der Waals surface area contributed by atoms with E-state index in [4.69, 9.17) is 4.74 Å². The minimum Gasteiger partial charge on any atom is -0.490 e. The summed E-state index contributed by atoms with van der Waals surface area (Å²) in [5.41, 5.74) is -0.228. The van der Waals surface area contributed by atoms with Gasteiger partial charge in [0, 0.05) is 11.0 Å². The van der Waals surface area contributed by atoms with Crippen LogP contribution in [0.2, 0.25) is 0 Å². The Hall–Kier alpha value is -1.07. The molecule has 5 heteroatoms. The lowest BCUT2D eigenvalue weighted by Gasteiger charge is -2.36. The van der Waals surface area contributed by atoms with Crippen LogP contribution in [0.15, 0.2) is 22.7 Å². The number of aliphatic hydroxyl groups is 1. The number of benzene rings is 1. The van der Waals surface area contributed by atoms with Gasteiger partial charge in [0.15, 0.2) is 0 Å². The molecular formula is C15H20BrNO3. The smallest absolute Gasteiger partial charge is 0.255 e. The molecule has 1 aromatic carbocycles. The molecule has 1 aliphatic rings. The van der Waals surface area contributed by atoms with Crippen LogP contribution in [0.4, 0.5) is 0 Å². The molecule has 0 atom stereocenters. The number of amides is 1. The first-order chi connectivity index (χ1) is 9.39. The Labute approximate surface area is 127 Å². The second-order valence-corrected chi connectivity index (χ2v) is 6.48. The Morgan fingerprint density at radius 2 is 2.20 bits per heavy atom. The van der Waals surface area contributed by atoms with Gasteiger partial charge in [0.1, 0.15) is 5.75 Å². The van der Waals surface area contributed by atoms with Gasteiger partial charge in [0.2, 0.25) is 0 Å². The molecule has 4 nitrogen and oxygen atoms in total. The average Bonchev–Trinajstić information content (AvgIpc) is 2.33. The van der Waals surface area contributed by atoms with Crippen LogP contribution in [-0.4, -0.2) is 29.3 Å². The van der Waals surface area contributed by atoms with E-state index in [1.807, 2.05) is 13.8 Å². The van der Waals surface area contributed by atoms with E-state index in [0.717, 1.165) is 23.7 Å². The van der Waals surface area contributed by atoms with Gasteiger partial charge in [-0.3, -0.25) is 4.79 Å². The van der Waals surface area contributed by atoms with E-state index in [9.17, 15) is 9.90 Å². The van der Waals surface area contributed by atoms with Crippen molar-refractivity contribution in [2.24, 2.45) is 0 Å². The maximum atomic E-state index is 12.2. The lowest BCUT2D eigenvalue weighted by Crippen LogP contribution is -2.47. The Bertz CT molecular complexity index is 498. The van der Waals surface area contributed by atoms with E-state index in [1.54, 1.807) is 18.2 Å². The molecule has 0 unspecified atom stereocenters. The molecule has 0 spiro atoms. The highest BCUT2D eigenvalue weighted by Crippen LogP contribution is 2.31. The van der Waals surface area contributed by atoms with Crippen LogP contribution in [0.5, 0.6) is 5.75 Å². The van der Waals surface area contributed by atoms with Crippen LogP contribution in [0.1, 0.15) is 43.5 Å². The monoisotopic (exact) mass is 341 g/mol. The molecule has 0 heterocycles. The number of ether oxygens (including phenoxy) is 1. The molecule has 20 heavy (non-hydrogen) atoms. The molecule has 1 fully saturated rings. The Morgan fingerprint density at radius 1 is 1.50 bits per heavy atom. The van der Waals surface area contributed by atoms with Crippen molar-refractivity contribution >= 4 is 21.8 Å². The molecule has 1 aliphatic carbocycles. The highest BCUT2D eigenvalue weighted by molar-refractivity contribution is 9.10. The van der Waals surface area contributed by atoms with Crippen molar-refractivity contribution in [1.29, 1.82) is 0 Å². The van der Waals surface area contributed by atoms with Crippen LogP contribution >= 0.6 is 15.9 Å². The van der Waals surface area contributed by atoms with Crippen molar-refractivity contribution in [2.45, 2.75) is 44.8 Å². The van der Waals surface area contributed by atoms with Crippen molar-refractivity contribution in [1.82, 2.24) is 5.32 Å². The Morgan fingerprint density at radius 3 is 2.75 bits per heavy atom. The van der Waals surface area contributed by atoms with Crippen LogP contribution in [0.25, 0.3) is 0 Å². The standard InChI is InChI=1S/C15H20BrNO3/c1-10(2)20-13-8-11(16)4-5-12(13)14(18)17-9-15(19)6-3-7-15/h4-5,8,10,19H,3,6-7,9H2,1-2H3,(H,17,18). The van der Waals surface area contributed by atoms with Crippen molar-refractivity contribution in [3.8, 4) is 5.75 Å². The molecule has 0 aliphatic heterocycles. The first-order valence-electron chi connectivity index (χ1n) is 6.86. The van der Waals surface area contributed by atoms with E-state index in [0.29, 0.717) is 17.9 Å². The summed E-state index contributed by atoms with van der Waals surface area (Å²) in [6.07, 6.45) is 2.52. The second-order valence-electron chi connectivity index (χ2n) is 5.57. The predicted octanol–water partition coefficient (Wildman–Crippen LogP) is 2.88. The fourth-order valence-corrected chi connectivity index (χ4v) is 2.48. The predicted molar refractivity (Wildman–Crippen MR) is 81.0 cm³/mol. The number of carbonyl (C=O) groups is 1. The second kappa shape index (κ2) is 6.14. The number of rotatable bonds is 5. The number of carbonyl (C=O) groups excluding carboxylic acids is 1. The quantitative estimate of drug-likeness (QED) is 0.865. The Kier molecular flexibility index (Phi) is 4.70. The maximum Gasteiger partial charge on any atom is 0.255 e. The van der Waals surface area contributed by atoms with Crippen LogP contribution in [0.3, 0.4) is 0 Å². The van der Waals surface area contributed by atoms with E-state index in [2.05, 4.69) is 21.2 Å². The number of halogens is 1. The first-order valence-corrected chi connectivity index (χ1v) is 7.66. The van der Waals surface area contributed by atoms with E-state index in [-0.39, 0.29) is 12.0 Å². The molecule has 1 aromatic rings. The van der Waals surface area contributed by atoms with E-state index < -0.39 is 5.60 Å². The highest BCUT2D eigenvalue weighted by atomic mass is 79.9. The van der Waals surface area contributed by atoms with Crippen molar-refractivity contribution < 1.29 is 14.6 Å². The lowest BCUT2D eigenvalue weighted by molar-refractivity contribution is -0.0300. The molecular weight excluding hydrogens is 322 g/mol. The minimum atomic E-state index is -0.718. The maximum absolute atomic E-state index is 12.2. The first kappa shape index (κ1) is 15.3. The van der Waals surface area contributed by atoms with Gasteiger partial charge in [-0.15, -0.1) is 0 Å². The third-order valence-corrected chi connectivity index (χ3v) is 3.91. The van der Waals surface area contributed by atoms with Gasteiger partial charge >= 0.3 is 0 Å². The third-order valence-electron chi connectivity index (χ3n) is 3.41. The van der Waals surface area contributed by atoms with E-state index in [1.165, 1.54) is 0 Å². The van der Waals surface area contributed by atoms with Gasteiger partial charge in [-0.05, 0) is 51.3 Å². The summed E-state index contributed by atoms with van der Waals surface area (Å²) in [5, 5.41) is 12.8. The highest BCUT2D eigenvalue weighted by Gasteiger charge is 2.34. The van der Waals surface area contributed by atoms with Crippen LogP contribution in [-0.2, 0) is 0 Å².